The van der Waals surface area contributed by atoms with Crippen molar-refractivity contribution in [1.82, 2.24) is 9.78 Å². The molecule has 1 aromatic carbocycles. The minimum Gasteiger partial charge on any atom is -0.381 e. The van der Waals surface area contributed by atoms with E-state index in [0.717, 1.165) is 22.6 Å². The first-order valence-electron chi connectivity index (χ1n) is 6.40. The van der Waals surface area contributed by atoms with E-state index in [9.17, 15) is 8.42 Å². The summed E-state index contributed by atoms with van der Waals surface area (Å²) in [6.45, 7) is 4.59. The van der Waals surface area contributed by atoms with Crippen LogP contribution in [0.3, 0.4) is 0 Å². The van der Waals surface area contributed by atoms with E-state index >= 15 is 0 Å². The lowest BCUT2D eigenvalue weighted by molar-refractivity contribution is 0.603. The fourth-order valence-corrected chi connectivity index (χ4v) is 2.58. The van der Waals surface area contributed by atoms with Gasteiger partial charge in [-0.3, -0.25) is 9.40 Å². The van der Waals surface area contributed by atoms with Crippen LogP contribution >= 0.6 is 0 Å². The zero-order valence-corrected chi connectivity index (χ0v) is 13.0. The summed E-state index contributed by atoms with van der Waals surface area (Å²) in [5.41, 5.74) is 4.41. The summed E-state index contributed by atoms with van der Waals surface area (Å²) < 4.78 is 26.1. The van der Waals surface area contributed by atoms with Gasteiger partial charge in [0.2, 0.25) is 0 Å². The predicted octanol–water partition coefficient (Wildman–Crippen LogP) is 1.26. The molecule has 2 rings (SSSR count). The SMILES string of the molecule is Cc1nn(C)c(C)c1CNc1cccc(NS(N)(=O)=O)c1. The predicted molar refractivity (Wildman–Crippen MR) is 83.2 cm³/mol. The molecule has 114 valence electrons. The number of nitrogens with two attached hydrogens (primary N) is 1. The summed E-state index contributed by atoms with van der Waals surface area (Å²) in [5.74, 6) is 0. The monoisotopic (exact) mass is 309 g/mol. The lowest BCUT2D eigenvalue weighted by Gasteiger charge is -2.09. The minimum atomic E-state index is -3.76. The number of rotatable bonds is 5. The van der Waals surface area contributed by atoms with Crippen molar-refractivity contribution in [2.45, 2.75) is 20.4 Å². The van der Waals surface area contributed by atoms with E-state index in [-0.39, 0.29) is 0 Å². The molecular weight excluding hydrogens is 290 g/mol. The van der Waals surface area contributed by atoms with Crippen molar-refractivity contribution in [2.75, 3.05) is 10.0 Å². The van der Waals surface area contributed by atoms with E-state index in [1.165, 1.54) is 0 Å². The van der Waals surface area contributed by atoms with Crippen LogP contribution in [0.4, 0.5) is 11.4 Å². The standard InChI is InChI=1S/C13H19N5O2S/c1-9-13(10(2)18(3)16-9)8-15-11-5-4-6-12(7-11)17-21(14,19)20/h4-7,15,17H,8H2,1-3H3,(H2,14,19,20). The Hall–Kier alpha value is -2.06. The van der Waals surface area contributed by atoms with Crippen molar-refractivity contribution in [1.29, 1.82) is 0 Å². The van der Waals surface area contributed by atoms with Crippen molar-refractivity contribution >= 4 is 21.6 Å². The van der Waals surface area contributed by atoms with E-state index in [1.54, 1.807) is 18.2 Å². The quantitative estimate of drug-likeness (QED) is 0.774. The molecule has 1 aromatic heterocycles. The van der Waals surface area contributed by atoms with E-state index < -0.39 is 10.2 Å². The smallest absolute Gasteiger partial charge is 0.296 e. The van der Waals surface area contributed by atoms with E-state index in [2.05, 4.69) is 15.1 Å². The highest BCUT2D eigenvalue weighted by molar-refractivity contribution is 7.90. The van der Waals surface area contributed by atoms with Crippen LogP contribution in [0.15, 0.2) is 24.3 Å². The Morgan fingerprint density at radius 2 is 1.95 bits per heavy atom. The second-order valence-electron chi connectivity index (χ2n) is 4.85. The van der Waals surface area contributed by atoms with Crippen molar-refractivity contribution in [3.8, 4) is 0 Å². The maximum absolute atomic E-state index is 11.0. The fourth-order valence-electron chi connectivity index (χ4n) is 2.12. The Balaban J connectivity index is 2.12. The number of anilines is 2. The molecular formula is C13H19N5O2S. The van der Waals surface area contributed by atoms with Crippen molar-refractivity contribution in [3.63, 3.8) is 0 Å². The molecule has 0 aliphatic heterocycles. The van der Waals surface area contributed by atoms with Gasteiger partial charge in [0.25, 0.3) is 10.2 Å². The van der Waals surface area contributed by atoms with Gasteiger partial charge >= 0.3 is 0 Å². The van der Waals surface area contributed by atoms with Crippen LogP contribution < -0.4 is 15.2 Å². The van der Waals surface area contributed by atoms with E-state index in [0.29, 0.717) is 12.2 Å². The third-order valence-corrected chi connectivity index (χ3v) is 3.77. The molecule has 0 atom stereocenters. The number of hydrogen-bond donors (Lipinski definition) is 3. The largest absolute Gasteiger partial charge is 0.381 e. The van der Waals surface area contributed by atoms with Crippen molar-refractivity contribution < 1.29 is 8.42 Å². The number of hydrogen-bond acceptors (Lipinski definition) is 4. The zero-order chi connectivity index (χ0) is 15.6. The van der Waals surface area contributed by atoms with Gasteiger partial charge < -0.3 is 5.32 Å². The second kappa shape index (κ2) is 5.74. The summed E-state index contributed by atoms with van der Waals surface area (Å²) >= 11 is 0. The van der Waals surface area contributed by atoms with Gasteiger partial charge in [0.1, 0.15) is 0 Å². The van der Waals surface area contributed by atoms with Gasteiger partial charge in [-0.15, -0.1) is 0 Å². The first-order valence-corrected chi connectivity index (χ1v) is 7.94. The van der Waals surface area contributed by atoms with Crippen LogP contribution in [0, 0.1) is 13.8 Å². The van der Waals surface area contributed by atoms with Gasteiger partial charge in [-0.05, 0) is 32.0 Å². The van der Waals surface area contributed by atoms with Crippen molar-refractivity contribution in [3.05, 3.63) is 41.2 Å². The summed E-state index contributed by atoms with van der Waals surface area (Å²) in [4.78, 5) is 0. The van der Waals surface area contributed by atoms with Crippen molar-refractivity contribution in [2.24, 2.45) is 12.2 Å². The third kappa shape index (κ3) is 3.96. The van der Waals surface area contributed by atoms with Crippen LogP contribution in [0.5, 0.6) is 0 Å². The van der Waals surface area contributed by atoms with Gasteiger partial charge in [-0.1, -0.05) is 6.07 Å². The lowest BCUT2D eigenvalue weighted by atomic mass is 10.2. The molecule has 2 aromatic rings. The van der Waals surface area contributed by atoms with Crippen LogP contribution in [-0.4, -0.2) is 18.2 Å². The maximum Gasteiger partial charge on any atom is 0.296 e. The minimum absolute atomic E-state index is 0.419. The lowest BCUT2D eigenvalue weighted by Crippen LogP contribution is -2.21. The van der Waals surface area contributed by atoms with Gasteiger partial charge in [0.05, 0.1) is 11.4 Å². The topological polar surface area (TPSA) is 102 Å². The Labute approximate surface area is 124 Å². The summed E-state index contributed by atoms with van der Waals surface area (Å²) in [5, 5.41) is 12.6. The Morgan fingerprint density at radius 3 is 2.52 bits per heavy atom. The second-order valence-corrected chi connectivity index (χ2v) is 6.15. The highest BCUT2D eigenvalue weighted by atomic mass is 32.2. The van der Waals surface area contributed by atoms with Crippen LogP contribution in [0.2, 0.25) is 0 Å². The van der Waals surface area contributed by atoms with Crippen LogP contribution in [-0.2, 0) is 23.8 Å². The molecule has 0 spiro atoms. The van der Waals surface area contributed by atoms with Gasteiger partial charge in [-0.25, -0.2) is 5.14 Å². The molecule has 0 radical (unpaired) electrons. The van der Waals surface area contributed by atoms with E-state index in [1.807, 2.05) is 31.6 Å². The molecule has 0 aliphatic rings. The number of aromatic nitrogens is 2. The van der Waals surface area contributed by atoms with Crippen LogP contribution in [0.25, 0.3) is 0 Å². The summed E-state index contributed by atoms with van der Waals surface area (Å²) in [7, 11) is -1.86. The summed E-state index contributed by atoms with van der Waals surface area (Å²) in [6.07, 6.45) is 0. The molecule has 4 N–H and O–H groups in total. The average molecular weight is 309 g/mol. The molecule has 0 amide bonds. The number of aryl methyl sites for hydroxylation is 2. The number of nitrogens with zero attached hydrogens (tertiary/aromatic N) is 2. The molecule has 8 heteroatoms. The zero-order valence-electron chi connectivity index (χ0n) is 12.2. The van der Waals surface area contributed by atoms with Gasteiger partial charge in [0.15, 0.2) is 0 Å². The Morgan fingerprint density at radius 1 is 1.29 bits per heavy atom. The van der Waals surface area contributed by atoms with E-state index in [4.69, 9.17) is 5.14 Å². The molecule has 0 unspecified atom stereocenters. The maximum atomic E-state index is 11.0. The Bertz CT molecular complexity index is 752. The first-order chi connectivity index (χ1) is 9.76. The van der Waals surface area contributed by atoms with Crippen LogP contribution in [0.1, 0.15) is 17.0 Å². The molecule has 21 heavy (non-hydrogen) atoms. The molecule has 0 aliphatic carbocycles. The molecule has 7 nitrogen and oxygen atoms in total. The Kier molecular flexibility index (Phi) is 4.19. The highest BCUT2D eigenvalue weighted by Gasteiger charge is 2.09. The highest BCUT2D eigenvalue weighted by Crippen LogP contribution is 2.18. The molecule has 1 heterocycles. The molecule has 0 saturated carbocycles. The number of nitrogens with one attached hydrogen (secondary N) is 2. The normalized spacial score (nSPS) is 11.4. The fraction of sp³-hybridized carbons (Fsp3) is 0.308. The third-order valence-electron chi connectivity index (χ3n) is 3.25. The summed E-state index contributed by atoms with van der Waals surface area (Å²) in [6, 6.07) is 6.93. The average Bonchev–Trinajstić information content (AvgIpc) is 2.60. The van der Waals surface area contributed by atoms with Gasteiger partial charge in [0, 0.05) is 30.5 Å². The molecule has 0 saturated heterocycles. The first kappa shape index (κ1) is 15.3. The van der Waals surface area contributed by atoms with Gasteiger partial charge in [-0.2, -0.15) is 13.5 Å². The molecule has 0 fully saturated rings. The number of benzene rings is 1. The molecule has 0 bridgehead atoms.